The van der Waals surface area contributed by atoms with Gasteiger partial charge in [0, 0.05) is 5.69 Å². The van der Waals surface area contributed by atoms with Gasteiger partial charge in [0.05, 0.1) is 18.7 Å². The molecule has 1 rings (SSSR count). The van der Waals surface area contributed by atoms with Crippen LogP contribution in [0.1, 0.15) is 10.4 Å². The van der Waals surface area contributed by atoms with Crippen LogP contribution in [0.4, 0.5) is 5.69 Å². The number of rotatable bonds is 8. The second kappa shape index (κ2) is 7.70. The Kier molecular flexibility index (Phi) is 6.25. The van der Waals surface area contributed by atoms with Crippen LogP contribution in [0.3, 0.4) is 0 Å². The minimum atomic E-state index is -1.89. The van der Waals surface area contributed by atoms with E-state index in [-0.39, 0.29) is 11.3 Å². The van der Waals surface area contributed by atoms with Crippen molar-refractivity contribution in [1.29, 1.82) is 0 Å². The highest BCUT2D eigenvalue weighted by molar-refractivity contribution is 5.95. The molecule has 0 aliphatic carbocycles. The van der Waals surface area contributed by atoms with Crippen LogP contribution >= 0.6 is 0 Å². The number of Topliss-reactive ketones (excluding diaryl/α,β-unsaturated/α-hetero) is 1. The van der Waals surface area contributed by atoms with Crippen LogP contribution in [-0.4, -0.2) is 68.7 Å². The summed E-state index contributed by atoms with van der Waals surface area (Å²) >= 11 is 0. The van der Waals surface area contributed by atoms with Gasteiger partial charge in [0.2, 0.25) is 0 Å². The van der Waals surface area contributed by atoms with E-state index in [1.807, 2.05) is 0 Å². The largest absolute Gasteiger partial charge is 0.478 e. The summed E-state index contributed by atoms with van der Waals surface area (Å²) in [4.78, 5) is 22.6. The summed E-state index contributed by atoms with van der Waals surface area (Å²) in [6, 6.07) is 5.88. The van der Waals surface area contributed by atoms with Crippen LogP contribution in [0.5, 0.6) is 0 Å². The maximum atomic E-state index is 11.6. The number of carboxylic acids is 1. The van der Waals surface area contributed by atoms with Crippen LogP contribution in [0.2, 0.25) is 0 Å². The maximum absolute atomic E-state index is 11.6. The summed E-state index contributed by atoms with van der Waals surface area (Å²) in [6.45, 7) is -1.25. The molecule has 0 fully saturated rings. The van der Waals surface area contributed by atoms with Gasteiger partial charge in [0.25, 0.3) is 0 Å². The Morgan fingerprint density at radius 1 is 1.14 bits per heavy atom. The lowest BCUT2D eigenvalue weighted by molar-refractivity contribution is -0.138. The number of anilines is 1. The highest BCUT2D eigenvalue weighted by atomic mass is 16.4. The van der Waals surface area contributed by atoms with Gasteiger partial charge in [0.15, 0.2) is 5.78 Å². The number of hydrogen-bond acceptors (Lipinski definition) is 7. The van der Waals surface area contributed by atoms with E-state index >= 15 is 0 Å². The molecule has 0 bridgehead atoms. The van der Waals surface area contributed by atoms with Crippen molar-refractivity contribution in [3.63, 3.8) is 0 Å². The molecule has 0 radical (unpaired) electrons. The molecular weight excluding hydrogens is 282 g/mol. The first kappa shape index (κ1) is 17.1. The molecule has 1 aromatic rings. The number of para-hydroxylation sites is 1. The van der Waals surface area contributed by atoms with Crippen molar-refractivity contribution < 1.29 is 35.1 Å². The van der Waals surface area contributed by atoms with E-state index in [9.17, 15) is 19.8 Å². The van der Waals surface area contributed by atoms with Crippen LogP contribution in [-0.2, 0) is 4.79 Å². The molecule has 3 unspecified atom stereocenters. The molecule has 0 saturated carbocycles. The zero-order valence-electron chi connectivity index (χ0n) is 11.0. The number of carboxylic acid groups (broad SMARTS) is 1. The van der Waals surface area contributed by atoms with Crippen molar-refractivity contribution in [2.75, 3.05) is 18.5 Å². The quantitative estimate of drug-likeness (QED) is 0.338. The summed E-state index contributed by atoms with van der Waals surface area (Å²) < 4.78 is 0. The van der Waals surface area contributed by atoms with Gasteiger partial charge in [-0.3, -0.25) is 4.79 Å². The summed E-state index contributed by atoms with van der Waals surface area (Å²) in [5.74, 6) is -2.03. The van der Waals surface area contributed by atoms with Crippen molar-refractivity contribution >= 4 is 17.4 Å². The zero-order valence-corrected chi connectivity index (χ0v) is 11.0. The number of benzene rings is 1. The topological polar surface area (TPSA) is 147 Å². The monoisotopic (exact) mass is 299 g/mol. The van der Waals surface area contributed by atoms with E-state index in [1.165, 1.54) is 18.2 Å². The van der Waals surface area contributed by atoms with Crippen LogP contribution in [0, 0.1) is 0 Å². The van der Waals surface area contributed by atoms with Gasteiger partial charge < -0.3 is 30.8 Å². The first-order chi connectivity index (χ1) is 9.88. The van der Waals surface area contributed by atoms with Crippen LogP contribution < -0.4 is 5.32 Å². The van der Waals surface area contributed by atoms with Gasteiger partial charge in [-0.15, -0.1) is 0 Å². The van der Waals surface area contributed by atoms with E-state index < -0.39 is 43.2 Å². The number of ketones is 1. The third-order valence-corrected chi connectivity index (χ3v) is 2.85. The van der Waals surface area contributed by atoms with Gasteiger partial charge in [0.1, 0.15) is 18.3 Å². The highest BCUT2D eigenvalue weighted by Gasteiger charge is 2.29. The summed E-state index contributed by atoms with van der Waals surface area (Å²) in [7, 11) is 0. The molecule has 8 nitrogen and oxygen atoms in total. The SMILES string of the molecule is O=C(O)c1ccccc1NCC(=O)C(O)C(O)C(O)CO. The average molecular weight is 299 g/mol. The number of aliphatic hydroxyl groups excluding tert-OH is 4. The predicted molar refractivity (Wildman–Crippen MR) is 72.0 cm³/mol. The van der Waals surface area contributed by atoms with E-state index in [2.05, 4.69) is 5.32 Å². The lowest BCUT2D eigenvalue weighted by Crippen LogP contribution is -2.45. The van der Waals surface area contributed by atoms with E-state index in [0.29, 0.717) is 0 Å². The normalized spacial score (nSPS) is 15.0. The van der Waals surface area contributed by atoms with Crippen molar-refractivity contribution in [2.24, 2.45) is 0 Å². The first-order valence-corrected chi connectivity index (χ1v) is 6.12. The first-order valence-electron chi connectivity index (χ1n) is 6.12. The number of carbonyl (C=O) groups excluding carboxylic acids is 1. The van der Waals surface area contributed by atoms with E-state index in [1.54, 1.807) is 6.07 Å². The van der Waals surface area contributed by atoms with Crippen molar-refractivity contribution in [3.8, 4) is 0 Å². The Bertz CT molecular complexity index is 505. The summed E-state index contributed by atoms with van der Waals surface area (Å²) in [6.07, 6.45) is -5.36. The zero-order chi connectivity index (χ0) is 16.0. The summed E-state index contributed by atoms with van der Waals surface area (Å²) in [5, 5.41) is 48.2. The third kappa shape index (κ3) is 4.50. The Labute approximate surface area is 120 Å². The fourth-order valence-corrected chi connectivity index (χ4v) is 1.62. The second-order valence-electron chi connectivity index (χ2n) is 4.36. The number of aliphatic hydroxyl groups is 4. The molecule has 116 valence electrons. The molecular formula is C13H17NO7. The van der Waals surface area contributed by atoms with Crippen molar-refractivity contribution in [3.05, 3.63) is 29.8 Å². The molecule has 8 heteroatoms. The lowest BCUT2D eigenvalue weighted by Gasteiger charge is -2.20. The molecule has 6 N–H and O–H groups in total. The molecule has 0 amide bonds. The number of aromatic carboxylic acids is 1. The smallest absolute Gasteiger partial charge is 0.337 e. The minimum Gasteiger partial charge on any atom is -0.478 e. The van der Waals surface area contributed by atoms with Gasteiger partial charge >= 0.3 is 5.97 Å². The highest BCUT2D eigenvalue weighted by Crippen LogP contribution is 2.14. The molecule has 0 saturated heterocycles. The van der Waals surface area contributed by atoms with Gasteiger partial charge in [-0.25, -0.2) is 4.79 Å². The maximum Gasteiger partial charge on any atom is 0.337 e. The van der Waals surface area contributed by atoms with Gasteiger partial charge in [-0.05, 0) is 12.1 Å². The molecule has 0 spiro atoms. The Morgan fingerprint density at radius 2 is 1.76 bits per heavy atom. The molecule has 0 aliphatic rings. The molecule has 0 aliphatic heterocycles. The minimum absolute atomic E-state index is 0.0456. The Morgan fingerprint density at radius 3 is 2.33 bits per heavy atom. The molecule has 0 aromatic heterocycles. The fraction of sp³-hybridized carbons (Fsp3) is 0.385. The molecule has 21 heavy (non-hydrogen) atoms. The third-order valence-electron chi connectivity index (χ3n) is 2.85. The van der Waals surface area contributed by atoms with Gasteiger partial charge in [-0.2, -0.15) is 0 Å². The van der Waals surface area contributed by atoms with Crippen molar-refractivity contribution in [2.45, 2.75) is 18.3 Å². The average Bonchev–Trinajstić information content (AvgIpc) is 2.50. The fourth-order valence-electron chi connectivity index (χ4n) is 1.62. The Balaban J connectivity index is 2.67. The van der Waals surface area contributed by atoms with Crippen molar-refractivity contribution in [1.82, 2.24) is 0 Å². The second-order valence-corrected chi connectivity index (χ2v) is 4.36. The Hall–Kier alpha value is -2.00. The molecule has 0 heterocycles. The molecule has 3 atom stereocenters. The van der Waals surface area contributed by atoms with Gasteiger partial charge in [-0.1, -0.05) is 12.1 Å². The number of hydrogen-bond donors (Lipinski definition) is 6. The van der Waals surface area contributed by atoms with Crippen LogP contribution in [0.25, 0.3) is 0 Å². The lowest BCUT2D eigenvalue weighted by atomic mass is 10.0. The number of nitrogens with one attached hydrogen (secondary N) is 1. The number of carbonyl (C=O) groups is 2. The van der Waals surface area contributed by atoms with Crippen LogP contribution in [0.15, 0.2) is 24.3 Å². The molecule has 1 aromatic carbocycles. The summed E-state index contributed by atoms with van der Waals surface area (Å²) in [5.41, 5.74) is 0.137. The predicted octanol–water partition coefficient (Wildman–Crippen LogP) is -1.56. The van der Waals surface area contributed by atoms with E-state index in [0.717, 1.165) is 0 Å². The standard InChI is InChI=1S/C13H17NO7/c15-6-10(17)12(19)11(18)9(16)5-14-8-4-2-1-3-7(8)13(20)21/h1-4,10-12,14-15,17-19H,5-6H2,(H,20,21). The van der Waals surface area contributed by atoms with E-state index in [4.69, 9.17) is 15.3 Å².